The first-order valence-corrected chi connectivity index (χ1v) is 6.68. The summed E-state index contributed by atoms with van der Waals surface area (Å²) in [5, 5.41) is 0. The maximum atomic E-state index is 5.59. The molecule has 0 bridgehead atoms. The predicted molar refractivity (Wildman–Crippen MR) is 66.3 cm³/mol. The van der Waals surface area contributed by atoms with Crippen LogP contribution < -0.4 is 5.73 Å². The van der Waals surface area contributed by atoms with E-state index in [0.717, 1.165) is 26.2 Å². The molecular formula is C12H20N2S. The normalized spacial score (nSPS) is 14.9. The molecule has 84 valence electrons. The lowest BCUT2D eigenvalue weighted by Crippen LogP contribution is -2.28. The Morgan fingerprint density at radius 2 is 2.33 bits per heavy atom. The summed E-state index contributed by atoms with van der Waals surface area (Å²) in [6.45, 7) is 6.17. The lowest BCUT2D eigenvalue weighted by Gasteiger charge is -2.18. The Bertz CT molecular complexity index is 298. The van der Waals surface area contributed by atoms with Gasteiger partial charge in [-0.15, -0.1) is 11.3 Å². The molecule has 0 aromatic carbocycles. The van der Waals surface area contributed by atoms with E-state index in [2.05, 4.69) is 17.9 Å². The van der Waals surface area contributed by atoms with Crippen molar-refractivity contribution in [1.29, 1.82) is 0 Å². The van der Waals surface area contributed by atoms with Gasteiger partial charge < -0.3 is 5.73 Å². The molecule has 2 nitrogen and oxygen atoms in total. The van der Waals surface area contributed by atoms with E-state index in [9.17, 15) is 0 Å². The zero-order valence-corrected chi connectivity index (χ0v) is 10.3. The first-order chi connectivity index (χ1) is 7.33. The molecule has 0 fully saturated rings. The molecule has 0 radical (unpaired) electrons. The SMILES string of the molecule is CCN(CCN)Cc1cc2c(s1)CCC2. The lowest BCUT2D eigenvalue weighted by molar-refractivity contribution is 0.290. The van der Waals surface area contributed by atoms with Crippen LogP contribution in [0.2, 0.25) is 0 Å². The van der Waals surface area contributed by atoms with E-state index in [1.807, 2.05) is 11.3 Å². The number of thiophene rings is 1. The second-order valence-corrected chi connectivity index (χ2v) is 5.39. The molecule has 15 heavy (non-hydrogen) atoms. The Hall–Kier alpha value is -0.380. The molecule has 1 aliphatic rings. The fourth-order valence-electron chi connectivity index (χ4n) is 2.22. The van der Waals surface area contributed by atoms with Crippen molar-refractivity contribution in [3.8, 4) is 0 Å². The van der Waals surface area contributed by atoms with E-state index < -0.39 is 0 Å². The van der Waals surface area contributed by atoms with Gasteiger partial charge in [-0.25, -0.2) is 0 Å². The van der Waals surface area contributed by atoms with E-state index in [1.54, 1.807) is 10.4 Å². The highest BCUT2D eigenvalue weighted by atomic mass is 32.1. The number of nitrogens with zero attached hydrogens (tertiary/aromatic N) is 1. The number of hydrogen-bond donors (Lipinski definition) is 1. The van der Waals surface area contributed by atoms with Crippen molar-refractivity contribution in [2.24, 2.45) is 5.73 Å². The second-order valence-electron chi connectivity index (χ2n) is 4.17. The molecule has 2 N–H and O–H groups in total. The summed E-state index contributed by atoms with van der Waals surface area (Å²) in [6.07, 6.45) is 3.97. The lowest BCUT2D eigenvalue weighted by atomic mass is 10.2. The number of likely N-dealkylation sites (N-methyl/N-ethyl adjacent to an activating group) is 1. The van der Waals surface area contributed by atoms with Crippen LogP contribution in [0.25, 0.3) is 0 Å². The number of fused-ring (bicyclic) bond motifs is 1. The summed E-state index contributed by atoms with van der Waals surface area (Å²) in [5.74, 6) is 0. The molecule has 0 saturated heterocycles. The Morgan fingerprint density at radius 3 is 3.00 bits per heavy atom. The molecule has 0 amide bonds. The first-order valence-electron chi connectivity index (χ1n) is 5.86. The minimum absolute atomic E-state index is 0.763. The highest BCUT2D eigenvalue weighted by Gasteiger charge is 2.15. The third-order valence-electron chi connectivity index (χ3n) is 3.07. The van der Waals surface area contributed by atoms with Gasteiger partial charge in [0, 0.05) is 29.4 Å². The van der Waals surface area contributed by atoms with Gasteiger partial charge in [-0.1, -0.05) is 6.92 Å². The monoisotopic (exact) mass is 224 g/mol. The fourth-order valence-corrected chi connectivity index (χ4v) is 3.52. The zero-order valence-electron chi connectivity index (χ0n) is 9.46. The third kappa shape index (κ3) is 2.60. The molecular weight excluding hydrogens is 204 g/mol. The molecule has 0 saturated carbocycles. The number of hydrogen-bond acceptors (Lipinski definition) is 3. The van der Waals surface area contributed by atoms with Crippen LogP contribution in [-0.2, 0) is 19.4 Å². The molecule has 1 aliphatic carbocycles. The highest BCUT2D eigenvalue weighted by Crippen LogP contribution is 2.31. The quantitative estimate of drug-likeness (QED) is 0.829. The van der Waals surface area contributed by atoms with Gasteiger partial charge in [-0.05, 0) is 37.4 Å². The van der Waals surface area contributed by atoms with Crippen LogP contribution in [0.4, 0.5) is 0 Å². The molecule has 0 aliphatic heterocycles. The van der Waals surface area contributed by atoms with E-state index in [4.69, 9.17) is 5.73 Å². The molecule has 0 spiro atoms. The number of nitrogens with two attached hydrogens (primary N) is 1. The van der Waals surface area contributed by atoms with Crippen LogP contribution in [0.15, 0.2) is 6.07 Å². The molecule has 1 aromatic heterocycles. The summed E-state index contributed by atoms with van der Waals surface area (Å²) in [7, 11) is 0. The van der Waals surface area contributed by atoms with Crippen molar-refractivity contribution < 1.29 is 0 Å². The first kappa shape index (κ1) is 11.1. The smallest absolute Gasteiger partial charge is 0.0328 e. The summed E-state index contributed by atoms with van der Waals surface area (Å²) < 4.78 is 0. The predicted octanol–water partition coefficient (Wildman–Crippen LogP) is 2.02. The van der Waals surface area contributed by atoms with E-state index in [0.29, 0.717) is 0 Å². The molecule has 1 heterocycles. The Morgan fingerprint density at radius 1 is 1.47 bits per heavy atom. The zero-order chi connectivity index (χ0) is 10.7. The average Bonchev–Trinajstić information content (AvgIpc) is 2.77. The number of rotatable bonds is 5. The Kier molecular flexibility index (Phi) is 3.78. The van der Waals surface area contributed by atoms with Gasteiger partial charge in [0.1, 0.15) is 0 Å². The van der Waals surface area contributed by atoms with Crippen LogP contribution in [0, 0.1) is 0 Å². The third-order valence-corrected chi connectivity index (χ3v) is 4.29. The Balaban J connectivity index is 1.97. The van der Waals surface area contributed by atoms with Crippen molar-refractivity contribution in [2.75, 3.05) is 19.6 Å². The topological polar surface area (TPSA) is 29.3 Å². The maximum absolute atomic E-state index is 5.59. The van der Waals surface area contributed by atoms with Gasteiger partial charge >= 0.3 is 0 Å². The van der Waals surface area contributed by atoms with Gasteiger partial charge in [0.25, 0.3) is 0 Å². The second kappa shape index (κ2) is 5.10. The minimum atomic E-state index is 0.763. The molecule has 3 heteroatoms. The van der Waals surface area contributed by atoms with Gasteiger partial charge in [0.2, 0.25) is 0 Å². The van der Waals surface area contributed by atoms with Crippen LogP contribution in [0.3, 0.4) is 0 Å². The largest absolute Gasteiger partial charge is 0.329 e. The van der Waals surface area contributed by atoms with Gasteiger partial charge in [-0.2, -0.15) is 0 Å². The van der Waals surface area contributed by atoms with E-state index in [1.165, 1.54) is 24.1 Å². The van der Waals surface area contributed by atoms with E-state index in [-0.39, 0.29) is 0 Å². The van der Waals surface area contributed by atoms with Gasteiger partial charge in [0.05, 0.1) is 0 Å². The molecule has 1 aromatic rings. The summed E-state index contributed by atoms with van der Waals surface area (Å²) in [5.41, 5.74) is 7.20. The summed E-state index contributed by atoms with van der Waals surface area (Å²) >= 11 is 2.01. The van der Waals surface area contributed by atoms with E-state index >= 15 is 0 Å². The molecule has 0 atom stereocenters. The average molecular weight is 224 g/mol. The molecule has 2 rings (SSSR count). The van der Waals surface area contributed by atoms with Crippen LogP contribution >= 0.6 is 11.3 Å². The van der Waals surface area contributed by atoms with Crippen molar-refractivity contribution >= 4 is 11.3 Å². The summed E-state index contributed by atoms with van der Waals surface area (Å²) in [4.78, 5) is 5.57. The van der Waals surface area contributed by atoms with Crippen LogP contribution in [0.5, 0.6) is 0 Å². The Labute approximate surface area is 96.1 Å². The number of aryl methyl sites for hydroxylation is 2. The van der Waals surface area contributed by atoms with Crippen molar-refractivity contribution in [2.45, 2.75) is 32.7 Å². The van der Waals surface area contributed by atoms with Crippen molar-refractivity contribution in [1.82, 2.24) is 4.90 Å². The maximum Gasteiger partial charge on any atom is 0.0328 e. The standard InChI is InChI=1S/C12H20N2S/c1-2-14(7-6-13)9-11-8-10-4-3-5-12(10)15-11/h8H,2-7,9,13H2,1H3. The van der Waals surface area contributed by atoms with Crippen molar-refractivity contribution in [3.05, 3.63) is 21.4 Å². The van der Waals surface area contributed by atoms with Gasteiger partial charge in [-0.3, -0.25) is 4.90 Å². The molecule has 0 unspecified atom stereocenters. The van der Waals surface area contributed by atoms with Crippen LogP contribution in [0.1, 0.15) is 28.7 Å². The summed E-state index contributed by atoms with van der Waals surface area (Å²) in [6, 6.07) is 2.41. The fraction of sp³-hybridized carbons (Fsp3) is 0.667. The van der Waals surface area contributed by atoms with Crippen LogP contribution in [-0.4, -0.2) is 24.5 Å². The highest BCUT2D eigenvalue weighted by molar-refractivity contribution is 7.12. The van der Waals surface area contributed by atoms with Crippen molar-refractivity contribution in [3.63, 3.8) is 0 Å². The van der Waals surface area contributed by atoms with Gasteiger partial charge in [0.15, 0.2) is 0 Å². The minimum Gasteiger partial charge on any atom is -0.329 e.